The van der Waals surface area contributed by atoms with Crippen LogP contribution in [-0.2, 0) is 11.2 Å². The minimum Gasteiger partial charge on any atom is -0.481 e. The number of hydrogen-bond donors (Lipinski definition) is 1. The van der Waals surface area contributed by atoms with Crippen LogP contribution < -0.4 is 0 Å². The van der Waals surface area contributed by atoms with Gasteiger partial charge in [0.05, 0.1) is 5.92 Å². The normalized spacial score (nSPS) is 12.3. The first-order valence-electron chi connectivity index (χ1n) is 7.50. The van der Waals surface area contributed by atoms with Gasteiger partial charge in [-0.25, -0.2) is 0 Å². The van der Waals surface area contributed by atoms with Crippen molar-refractivity contribution in [3.8, 4) is 0 Å². The third-order valence-electron chi connectivity index (χ3n) is 3.62. The molecule has 19 heavy (non-hydrogen) atoms. The first-order chi connectivity index (χ1) is 9.24. The van der Waals surface area contributed by atoms with E-state index in [0.717, 1.165) is 32.1 Å². The molecular weight excluding hydrogens is 236 g/mol. The van der Waals surface area contributed by atoms with Crippen molar-refractivity contribution in [1.82, 2.24) is 0 Å². The maximum Gasteiger partial charge on any atom is 0.306 e. The zero-order valence-corrected chi connectivity index (χ0v) is 12.0. The molecule has 1 aromatic carbocycles. The van der Waals surface area contributed by atoms with Crippen molar-refractivity contribution >= 4 is 5.97 Å². The van der Waals surface area contributed by atoms with Crippen molar-refractivity contribution in [2.75, 3.05) is 0 Å². The van der Waals surface area contributed by atoms with Crippen LogP contribution in [0.5, 0.6) is 0 Å². The molecule has 106 valence electrons. The lowest BCUT2D eigenvalue weighted by molar-refractivity contribution is -0.142. The number of aryl methyl sites for hydroxylation is 1. The van der Waals surface area contributed by atoms with Crippen LogP contribution in [0.25, 0.3) is 0 Å². The number of carbonyl (C=O) groups is 1. The van der Waals surface area contributed by atoms with Gasteiger partial charge < -0.3 is 5.11 Å². The SMILES string of the molecule is CCCCCCC(CCCc1ccccc1)C(=O)O. The van der Waals surface area contributed by atoms with Crippen LogP contribution in [0.1, 0.15) is 57.4 Å². The van der Waals surface area contributed by atoms with Gasteiger partial charge in [0.25, 0.3) is 0 Å². The van der Waals surface area contributed by atoms with Gasteiger partial charge in [-0.2, -0.15) is 0 Å². The van der Waals surface area contributed by atoms with Crippen LogP contribution in [0.15, 0.2) is 30.3 Å². The molecule has 0 saturated heterocycles. The Morgan fingerprint density at radius 2 is 1.74 bits per heavy atom. The number of aliphatic carboxylic acids is 1. The molecule has 0 aliphatic rings. The number of hydrogen-bond acceptors (Lipinski definition) is 1. The second kappa shape index (κ2) is 9.60. The summed E-state index contributed by atoms with van der Waals surface area (Å²) < 4.78 is 0. The van der Waals surface area contributed by atoms with Gasteiger partial charge in [-0.15, -0.1) is 0 Å². The molecule has 0 amide bonds. The van der Waals surface area contributed by atoms with Crippen molar-refractivity contribution in [1.29, 1.82) is 0 Å². The highest BCUT2D eigenvalue weighted by atomic mass is 16.4. The monoisotopic (exact) mass is 262 g/mol. The summed E-state index contributed by atoms with van der Waals surface area (Å²) >= 11 is 0. The van der Waals surface area contributed by atoms with E-state index in [1.807, 2.05) is 18.2 Å². The summed E-state index contributed by atoms with van der Waals surface area (Å²) in [5.41, 5.74) is 1.30. The molecule has 0 bridgehead atoms. The van der Waals surface area contributed by atoms with Gasteiger partial charge in [-0.05, 0) is 31.2 Å². The van der Waals surface area contributed by atoms with E-state index in [0.29, 0.717) is 0 Å². The van der Waals surface area contributed by atoms with Crippen LogP contribution in [-0.4, -0.2) is 11.1 Å². The zero-order chi connectivity index (χ0) is 13.9. The largest absolute Gasteiger partial charge is 0.481 e. The molecule has 1 atom stereocenters. The summed E-state index contributed by atoms with van der Waals surface area (Å²) in [6.07, 6.45) is 8.23. The van der Waals surface area contributed by atoms with Gasteiger partial charge in [0.1, 0.15) is 0 Å². The molecule has 0 aromatic heterocycles. The third-order valence-corrected chi connectivity index (χ3v) is 3.62. The van der Waals surface area contributed by atoms with Gasteiger partial charge in [-0.3, -0.25) is 4.79 Å². The van der Waals surface area contributed by atoms with Crippen molar-refractivity contribution in [2.24, 2.45) is 5.92 Å². The lowest BCUT2D eigenvalue weighted by Crippen LogP contribution is -2.14. The Labute approximate surface area is 116 Å². The molecule has 1 N–H and O–H groups in total. The number of carboxylic acids is 1. The fraction of sp³-hybridized carbons (Fsp3) is 0.588. The Morgan fingerprint density at radius 1 is 1.05 bits per heavy atom. The summed E-state index contributed by atoms with van der Waals surface area (Å²) in [6.45, 7) is 2.18. The third kappa shape index (κ3) is 7.00. The second-order valence-corrected chi connectivity index (χ2v) is 5.26. The molecule has 0 heterocycles. The van der Waals surface area contributed by atoms with E-state index in [1.165, 1.54) is 24.8 Å². The Hall–Kier alpha value is -1.31. The summed E-state index contributed by atoms with van der Waals surface area (Å²) in [6, 6.07) is 10.3. The smallest absolute Gasteiger partial charge is 0.306 e. The quantitative estimate of drug-likeness (QED) is 0.622. The molecule has 2 heteroatoms. The molecule has 1 rings (SSSR count). The van der Waals surface area contributed by atoms with Crippen LogP contribution in [0, 0.1) is 5.92 Å². The first kappa shape index (κ1) is 15.7. The maximum atomic E-state index is 11.2. The van der Waals surface area contributed by atoms with Gasteiger partial charge >= 0.3 is 5.97 Å². The molecule has 1 aromatic rings. The number of benzene rings is 1. The van der Waals surface area contributed by atoms with Crippen molar-refractivity contribution < 1.29 is 9.90 Å². The van der Waals surface area contributed by atoms with Crippen LogP contribution in [0.3, 0.4) is 0 Å². The highest BCUT2D eigenvalue weighted by molar-refractivity contribution is 5.69. The van der Waals surface area contributed by atoms with Crippen molar-refractivity contribution in [3.05, 3.63) is 35.9 Å². The highest BCUT2D eigenvalue weighted by Gasteiger charge is 2.16. The predicted octanol–water partition coefficient (Wildman–Crippen LogP) is 4.68. The van der Waals surface area contributed by atoms with E-state index in [1.54, 1.807) is 0 Å². The Bertz CT molecular complexity index is 346. The number of carboxylic acid groups (broad SMARTS) is 1. The zero-order valence-electron chi connectivity index (χ0n) is 12.0. The molecular formula is C17H26O2. The minimum absolute atomic E-state index is 0.152. The van der Waals surface area contributed by atoms with E-state index in [2.05, 4.69) is 19.1 Å². The summed E-state index contributed by atoms with van der Waals surface area (Å²) in [7, 11) is 0. The summed E-state index contributed by atoms with van der Waals surface area (Å²) in [5, 5.41) is 9.23. The Balaban J connectivity index is 2.24. The average molecular weight is 262 g/mol. The molecule has 0 saturated carbocycles. The maximum absolute atomic E-state index is 11.2. The van der Waals surface area contributed by atoms with Gasteiger partial charge in [0.15, 0.2) is 0 Å². The predicted molar refractivity (Wildman–Crippen MR) is 79.3 cm³/mol. The van der Waals surface area contributed by atoms with Crippen LogP contribution >= 0.6 is 0 Å². The fourth-order valence-corrected chi connectivity index (χ4v) is 2.41. The first-order valence-corrected chi connectivity index (χ1v) is 7.50. The highest BCUT2D eigenvalue weighted by Crippen LogP contribution is 2.18. The second-order valence-electron chi connectivity index (χ2n) is 5.26. The van der Waals surface area contributed by atoms with E-state index in [9.17, 15) is 9.90 Å². The molecule has 0 aliphatic heterocycles. The molecule has 0 aliphatic carbocycles. The van der Waals surface area contributed by atoms with E-state index < -0.39 is 5.97 Å². The topological polar surface area (TPSA) is 37.3 Å². The molecule has 0 radical (unpaired) electrons. The average Bonchev–Trinajstić information content (AvgIpc) is 2.42. The molecule has 0 spiro atoms. The number of unbranched alkanes of at least 4 members (excludes halogenated alkanes) is 3. The van der Waals surface area contributed by atoms with E-state index in [4.69, 9.17) is 0 Å². The molecule has 1 unspecified atom stereocenters. The van der Waals surface area contributed by atoms with Gasteiger partial charge in [0.2, 0.25) is 0 Å². The van der Waals surface area contributed by atoms with E-state index in [-0.39, 0.29) is 5.92 Å². The van der Waals surface area contributed by atoms with Gasteiger partial charge in [0, 0.05) is 0 Å². The number of rotatable bonds is 10. The Kier molecular flexibility index (Phi) is 7.95. The molecule has 0 fully saturated rings. The standard InChI is InChI=1S/C17H26O2/c1-2-3-4-8-13-16(17(18)19)14-9-12-15-10-6-5-7-11-15/h5-7,10-11,16H,2-4,8-9,12-14H2,1H3,(H,18,19). The van der Waals surface area contributed by atoms with Crippen molar-refractivity contribution in [3.63, 3.8) is 0 Å². The van der Waals surface area contributed by atoms with Gasteiger partial charge in [-0.1, -0.05) is 62.9 Å². The minimum atomic E-state index is -0.621. The molecule has 2 nitrogen and oxygen atoms in total. The van der Waals surface area contributed by atoms with E-state index >= 15 is 0 Å². The van der Waals surface area contributed by atoms with Crippen molar-refractivity contribution in [2.45, 2.75) is 58.3 Å². The lowest BCUT2D eigenvalue weighted by atomic mass is 9.94. The lowest BCUT2D eigenvalue weighted by Gasteiger charge is -2.12. The summed E-state index contributed by atoms with van der Waals surface area (Å²) in [4.78, 5) is 11.2. The fourth-order valence-electron chi connectivity index (χ4n) is 2.41. The van der Waals surface area contributed by atoms with Crippen LogP contribution in [0.2, 0.25) is 0 Å². The Morgan fingerprint density at radius 3 is 2.37 bits per heavy atom. The summed E-state index contributed by atoms with van der Waals surface area (Å²) in [5.74, 6) is -0.773. The van der Waals surface area contributed by atoms with Crippen LogP contribution in [0.4, 0.5) is 0 Å².